The van der Waals surface area contributed by atoms with E-state index in [4.69, 9.17) is 9.47 Å². The van der Waals surface area contributed by atoms with Crippen molar-refractivity contribution in [3.8, 4) is 11.5 Å². The van der Waals surface area contributed by atoms with Gasteiger partial charge in [0, 0.05) is 0 Å². The quantitative estimate of drug-likeness (QED) is 0.0227. The van der Waals surface area contributed by atoms with Gasteiger partial charge in [-0.2, -0.15) is 0 Å². The van der Waals surface area contributed by atoms with Crippen LogP contribution in [0.25, 0.3) is 45.8 Å². The van der Waals surface area contributed by atoms with Crippen molar-refractivity contribution < 1.29 is 9.47 Å². The molecule has 2 heteroatoms. The molecule has 0 N–H and O–H groups in total. The minimum absolute atomic E-state index is 0.784. The Kier molecular flexibility index (Phi) is 25.6. The van der Waals surface area contributed by atoms with Crippen LogP contribution in [0.1, 0.15) is 216 Å². The molecule has 5 aromatic carbocycles. The number of unbranched alkanes of at least 4 members (excludes halogenated alkanes) is 26. The maximum atomic E-state index is 6.24. The topological polar surface area (TPSA) is 18.5 Å². The van der Waals surface area contributed by atoms with Crippen LogP contribution in [-0.2, 0) is 0 Å². The number of benzene rings is 5. The molecule has 0 aliphatic carbocycles. The molecule has 0 atom stereocenters. The lowest BCUT2D eigenvalue weighted by Crippen LogP contribution is -1.97. The molecule has 0 aromatic heterocycles. The van der Waals surface area contributed by atoms with E-state index in [0.717, 1.165) is 48.7 Å². The summed E-state index contributed by atoms with van der Waals surface area (Å²) in [5, 5.41) is 5.03. The largest absolute Gasteiger partial charge is 0.494 e. The van der Waals surface area contributed by atoms with Crippen LogP contribution in [0.4, 0.5) is 0 Å². The molecule has 0 bridgehead atoms. The third-order valence-electron chi connectivity index (χ3n) is 13.1. The van der Waals surface area contributed by atoms with Crippen LogP contribution in [0.5, 0.6) is 11.5 Å². The van der Waals surface area contributed by atoms with Gasteiger partial charge in [0.2, 0.25) is 0 Å². The summed E-state index contributed by atoms with van der Waals surface area (Å²) in [5.41, 5.74) is 4.80. The maximum Gasteiger partial charge on any atom is 0.119 e. The fourth-order valence-electron chi connectivity index (χ4n) is 9.30. The summed E-state index contributed by atoms with van der Waals surface area (Å²) in [6.45, 7) is 6.16. The third kappa shape index (κ3) is 19.4. The first kappa shape index (κ1) is 50.7. The minimum Gasteiger partial charge on any atom is -0.494 e. The lowest BCUT2D eigenvalue weighted by Gasteiger charge is -2.13. The van der Waals surface area contributed by atoms with Gasteiger partial charge in [-0.1, -0.05) is 278 Å². The van der Waals surface area contributed by atoms with E-state index in [-0.39, 0.29) is 0 Å². The van der Waals surface area contributed by atoms with Crippen LogP contribution in [0.3, 0.4) is 0 Å². The molecule has 0 heterocycles. The predicted molar refractivity (Wildman–Crippen MR) is 284 cm³/mol. The number of rotatable bonds is 36. The van der Waals surface area contributed by atoms with Gasteiger partial charge in [0.15, 0.2) is 0 Å². The van der Waals surface area contributed by atoms with Gasteiger partial charge in [-0.25, -0.2) is 0 Å². The first-order valence-corrected chi connectivity index (χ1v) is 26.5. The summed E-state index contributed by atoms with van der Waals surface area (Å²) in [6, 6.07) is 34.8. The van der Waals surface area contributed by atoms with Gasteiger partial charge in [-0.15, -0.1) is 0 Å². The molecule has 346 valence electrons. The van der Waals surface area contributed by atoms with Gasteiger partial charge in [-0.3, -0.25) is 0 Å². The lowest BCUT2D eigenvalue weighted by atomic mass is 9.91. The Morgan fingerprint density at radius 2 is 0.578 bits per heavy atom. The molecular formula is C62H86O2. The van der Waals surface area contributed by atoms with E-state index in [1.807, 2.05) is 0 Å². The zero-order valence-corrected chi connectivity index (χ0v) is 40.6. The van der Waals surface area contributed by atoms with E-state index in [0.29, 0.717) is 0 Å². The highest BCUT2D eigenvalue weighted by Gasteiger charge is 2.11. The van der Waals surface area contributed by atoms with Crippen molar-refractivity contribution in [2.24, 2.45) is 0 Å². The van der Waals surface area contributed by atoms with Crippen molar-refractivity contribution in [1.29, 1.82) is 0 Å². The van der Waals surface area contributed by atoms with Crippen molar-refractivity contribution in [2.45, 2.75) is 194 Å². The van der Waals surface area contributed by atoms with E-state index < -0.39 is 0 Å². The fraction of sp³-hybridized carbons (Fsp3) is 0.516. The van der Waals surface area contributed by atoms with Crippen molar-refractivity contribution >= 4 is 45.8 Å². The molecule has 0 spiro atoms. The number of hydrogen-bond donors (Lipinski definition) is 0. The van der Waals surface area contributed by atoms with E-state index in [1.54, 1.807) is 0 Å². The Morgan fingerprint density at radius 3 is 0.875 bits per heavy atom. The predicted octanol–water partition coefficient (Wildman–Crippen LogP) is 20.1. The van der Waals surface area contributed by atoms with E-state index in [1.165, 1.54) is 200 Å². The first-order valence-electron chi connectivity index (χ1n) is 26.5. The Hall–Kier alpha value is -4.30. The Morgan fingerprint density at radius 1 is 0.297 bits per heavy atom. The Labute approximate surface area is 391 Å². The summed E-state index contributed by atoms with van der Waals surface area (Å²) in [6.07, 6.45) is 47.5. The van der Waals surface area contributed by atoms with Crippen LogP contribution >= 0.6 is 0 Å². The van der Waals surface area contributed by atoms with E-state index >= 15 is 0 Å². The van der Waals surface area contributed by atoms with Crippen LogP contribution < -0.4 is 9.47 Å². The summed E-state index contributed by atoms with van der Waals surface area (Å²) in [5.74, 6) is 1.91. The minimum atomic E-state index is 0.784. The second kappa shape index (κ2) is 32.4. The molecule has 0 fully saturated rings. The Balaban J connectivity index is 1.07. The first-order chi connectivity index (χ1) is 31.8. The van der Waals surface area contributed by atoms with Gasteiger partial charge in [-0.05, 0) is 80.9 Å². The maximum absolute atomic E-state index is 6.24. The number of fused-ring (bicyclic) bond motifs is 2. The van der Waals surface area contributed by atoms with Gasteiger partial charge in [0.05, 0.1) is 13.2 Å². The number of ether oxygens (including phenoxy) is 2. The molecule has 0 saturated heterocycles. The van der Waals surface area contributed by atoms with Crippen molar-refractivity contribution in [3.05, 3.63) is 119 Å². The molecule has 0 unspecified atom stereocenters. The van der Waals surface area contributed by atoms with Gasteiger partial charge in [0.25, 0.3) is 0 Å². The van der Waals surface area contributed by atoms with Crippen LogP contribution in [0.15, 0.2) is 97.1 Å². The second-order valence-corrected chi connectivity index (χ2v) is 18.6. The van der Waals surface area contributed by atoms with E-state index in [2.05, 4.69) is 135 Å². The van der Waals surface area contributed by atoms with Crippen molar-refractivity contribution in [1.82, 2.24) is 0 Å². The van der Waals surface area contributed by atoms with Crippen LogP contribution in [-0.4, -0.2) is 13.2 Å². The normalized spacial score (nSPS) is 11.8. The lowest BCUT2D eigenvalue weighted by molar-refractivity contribution is 0.304. The molecule has 0 aliphatic rings. The SMILES string of the molecule is CCCCCCCCCCCCCCCCOc1cccc(/C=C/c2c3ccccc3c(/C=C/c3cccc(OCCCCCCCCCCCCCCCC)c3)c3ccccc23)c1. The highest BCUT2D eigenvalue weighted by Crippen LogP contribution is 2.36. The molecule has 0 aliphatic heterocycles. The summed E-state index contributed by atoms with van der Waals surface area (Å²) in [4.78, 5) is 0. The Bertz CT molecular complexity index is 1830. The molecule has 0 radical (unpaired) electrons. The summed E-state index contributed by atoms with van der Waals surface area (Å²) < 4.78 is 12.5. The highest BCUT2D eigenvalue weighted by atomic mass is 16.5. The third-order valence-corrected chi connectivity index (χ3v) is 13.1. The highest BCUT2D eigenvalue weighted by molar-refractivity contribution is 6.14. The summed E-state index contributed by atoms with van der Waals surface area (Å²) >= 11 is 0. The molecule has 2 nitrogen and oxygen atoms in total. The zero-order chi connectivity index (χ0) is 44.5. The van der Waals surface area contributed by atoms with Crippen molar-refractivity contribution in [3.63, 3.8) is 0 Å². The zero-order valence-electron chi connectivity index (χ0n) is 40.6. The molecule has 0 amide bonds. The van der Waals surface area contributed by atoms with Crippen LogP contribution in [0.2, 0.25) is 0 Å². The average Bonchev–Trinajstić information content (AvgIpc) is 3.32. The van der Waals surface area contributed by atoms with Crippen LogP contribution in [0, 0.1) is 0 Å². The fourth-order valence-corrected chi connectivity index (χ4v) is 9.30. The molecule has 64 heavy (non-hydrogen) atoms. The molecule has 0 saturated carbocycles. The van der Waals surface area contributed by atoms with Crippen molar-refractivity contribution in [2.75, 3.05) is 13.2 Å². The smallest absolute Gasteiger partial charge is 0.119 e. The van der Waals surface area contributed by atoms with Gasteiger partial charge < -0.3 is 9.47 Å². The monoisotopic (exact) mass is 863 g/mol. The van der Waals surface area contributed by atoms with Gasteiger partial charge >= 0.3 is 0 Å². The van der Waals surface area contributed by atoms with Gasteiger partial charge in [0.1, 0.15) is 11.5 Å². The molecule has 5 aromatic rings. The standard InChI is InChI=1S/C62H86O2/c1-3-5-7-9-11-13-15-17-19-21-23-25-27-33-49-63-55-39-35-37-53(51-55)45-47-61-57-41-29-31-43-59(57)62(60-44-32-30-42-58(60)61)48-46-54-38-36-40-56(52-54)64-50-34-28-26-24-22-20-18-16-14-12-10-8-6-4-2/h29-32,35-48,51-52H,3-28,33-34,49-50H2,1-2H3/b47-45+,48-46+. The van der Waals surface area contributed by atoms with E-state index in [9.17, 15) is 0 Å². The second-order valence-electron chi connectivity index (χ2n) is 18.6. The summed E-state index contributed by atoms with van der Waals surface area (Å²) in [7, 11) is 0. The molecule has 5 rings (SSSR count). The average molecular weight is 863 g/mol. The molecular weight excluding hydrogens is 777 g/mol. The number of hydrogen-bond acceptors (Lipinski definition) is 2.